The molecule has 5 aliphatic rings. The molecule has 3 heteroatoms. The second kappa shape index (κ2) is 6.40. The van der Waals surface area contributed by atoms with Crippen molar-refractivity contribution in [1.82, 2.24) is 0 Å². The fraction of sp³-hybridized carbons (Fsp3) is 0.720. The number of carbonyl (C=O) groups is 1. The van der Waals surface area contributed by atoms with Crippen LogP contribution in [0, 0.1) is 29.1 Å². The number of rotatable bonds is 2. The molecule has 1 heterocycles. The van der Waals surface area contributed by atoms with Crippen LogP contribution in [0.1, 0.15) is 65.7 Å². The molecule has 1 N–H and O–H groups in total. The number of fused-ring (bicyclic) bond motifs is 6. The zero-order valence-corrected chi connectivity index (χ0v) is 17.5. The monoisotopic (exact) mass is 382 g/mol. The van der Waals surface area contributed by atoms with Gasteiger partial charge in [0.15, 0.2) is 5.78 Å². The molecule has 0 aromatic heterocycles. The average molecular weight is 383 g/mol. The molecule has 2 saturated carbocycles. The van der Waals surface area contributed by atoms with Gasteiger partial charge in [0.05, 0.1) is 11.7 Å². The van der Waals surface area contributed by atoms with Gasteiger partial charge in [0.2, 0.25) is 0 Å². The van der Waals surface area contributed by atoms with Crippen LogP contribution in [-0.4, -0.2) is 28.7 Å². The number of carbonyl (C=O) groups excluding carboxylic acids is 1. The lowest BCUT2D eigenvalue weighted by molar-refractivity contribution is -0.119. The molecule has 2 bridgehead atoms. The Kier molecular flexibility index (Phi) is 4.30. The van der Waals surface area contributed by atoms with Gasteiger partial charge >= 0.3 is 0 Å². The van der Waals surface area contributed by atoms with Gasteiger partial charge in [-0.3, -0.25) is 4.79 Å². The van der Waals surface area contributed by atoms with E-state index in [4.69, 9.17) is 4.74 Å². The summed E-state index contributed by atoms with van der Waals surface area (Å²) < 4.78 is 6.21. The SMILES string of the molecule is C/C=C/[C@@H]1O[C@]1(C)[C@H]1CC[C@H]2C3=CC(=O)C4CC(=CC[C@@H](O)C4)[C@H]3CC[C@@]21C. The van der Waals surface area contributed by atoms with Crippen molar-refractivity contribution in [2.45, 2.75) is 83.5 Å². The standard InChI is InChI=1S/C25H34O3/c1-4-5-23-25(3,28-23)22-9-8-20-19-14-21(27)16-12-15(6-7-17(26)13-16)18(19)10-11-24(20,22)2/h4-6,14,16-18,20,22-23,26H,7-13H2,1-3H3/b5-4+/t16?,17-,18-,20+,22+,23+,24+,25-/m1/s1. The maximum atomic E-state index is 13.1. The van der Waals surface area contributed by atoms with E-state index in [9.17, 15) is 9.90 Å². The molecule has 0 amide bonds. The molecular formula is C25H34O3. The summed E-state index contributed by atoms with van der Waals surface area (Å²) in [6.07, 6.45) is 15.4. The molecule has 0 aromatic carbocycles. The Morgan fingerprint density at radius 2 is 2.07 bits per heavy atom. The highest BCUT2D eigenvalue weighted by atomic mass is 16.6. The van der Waals surface area contributed by atoms with E-state index >= 15 is 0 Å². The Labute approximate surface area is 168 Å². The highest BCUT2D eigenvalue weighted by Gasteiger charge is 2.65. The van der Waals surface area contributed by atoms with Gasteiger partial charge in [-0.05, 0) is 82.1 Å². The Balaban J connectivity index is 1.48. The van der Waals surface area contributed by atoms with Gasteiger partial charge in [0, 0.05) is 11.8 Å². The van der Waals surface area contributed by atoms with E-state index in [1.54, 1.807) is 0 Å². The molecule has 1 aliphatic heterocycles. The highest BCUT2D eigenvalue weighted by molar-refractivity contribution is 5.93. The van der Waals surface area contributed by atoms with Gasteiger partial charge in [-0.1, -0.05) is 36.3 Å². The summed E-state index contributed by atoms with van der Waals surface area (Å²) in [5, 5.41) is 10.2. The molecule has 3 nitrogen and oxygen atoms in total. The van der Waals surface area contributed by atoms with E-state index in [0.29, 0.717) is 30.6 Å². The first-order chi connectivity index (χ1) is 13.4. The van der Waals surface area contributed by atoms with Gasteiger partial charge in [0.1, 0.15) is 6.10 Å². The summed E-state index contributed by atoms with van der Waals surface area (Å²) in [4.78, 5) is 13.1. The predicted octanol–water partition coefficient (Wildman–Crippen LogP) is 4.76. The molecule has 0 aromatic rings. The summed E-state index contributed by atoms with van der Waals surface area (Å²) in [6.45, 7) is 6.84. The summed E-state index contributed by atoms with van der Waals surface area (Å²) in [5.74, 6) is 1.73. The molecule has 3 fully saturated rings. The topological polar surface area (TPSA) is 49.8 Å². The van der Waals surface area contributed by atoms with Crippen molar-refractivity contribution >= 4 is 5.78 Å². The van der Waals surface area contributed by atoms with Gasteiger partial charge in [0.25, 0.3) is 0 Å². The van der Waals surface area contributed by atoms with Gasteiger partial charge in [-0.25, -0.2) is 0 Å². The van der Waals surface area contributed by atoms with Crippen molar-refractivity contribution < 1.29 is 14.6 Å². The van der Waals surface area contributed by atoms with Gasteiger partial charge < -0.3 is 9.84 Å². The summed E-state index contributed by atoms with van der Waals surface area (Å²) in [6, 6.07) is 0. The van der Waals surface area contributed by atoms with Gasteiger partial charge in [-0.15, -0.1) is 0 Å². The van der Waals surface area contributed by atoms with Gasteiger partial charge in [-0.2, -0.15) is 0 Å². The van der Waals surface area contributed by atoms with Crippen LogP contribution in [0.3, 0.4) is 0 Å². The molecule has 152 valence electrons. The maximum absolute atomic E-state index is 13.1. The van der Waals surface area contributed by atoms with Crippen LogP contribution in [0.2, 0.25) is 0 Å². The first kappa shape index (κ1) is 18.8. The van der Waals surface area contributed by atoms with Crippen molar-refractivity contribution in [3.8, 4) is 0 Å². The average Bonchev–Trinajstić information content (AvgIpc) is 3.25. The number of allylic oxidation sites excluding steroid dienone is 4. The number of aliphatic hydroxyl groups is 1. The molecule has 28 heavy (non-hydrogen) atoms. The largest absolute Gasteiger partial charge is 0.393 e. The molecule has 4 aliphatic carbocycles. The summed E-state index contributed by atoms with van der Waals surface area (Å²) in [5.41, 5.74) is 3.04. The van der Waals surface area contributed by atoms with Crippen molar-refractivity contribution in [2.24, 2.45) is 29.1 Å². The number of epoxide rings is 1. The number of aliphatic hydroxyl groups excluding tert-OH is 1. The van der Waals surface area contributed by atoms with Crippen molar-refractivity contribution in [1.29, 1.82) is 0 Å². The zero-order valence-electron chi connectivity index (χ0n) is 17.5. The fourth-order valence-corrected chi connectivity index (χ4v) is 7.41. The fourth-order valence-electron chi connectivity index (χ4n) is 7.41. The molecule has 1 saturated heterocycles. The molecule has 5 rings (SSSR count). The Morgan fingerprint density at radius 1 is 1.25 bits per heavy atom. The number of hydrogen-bond donors (Lipinski definition) is 1. The van der Waals surface area contributed by atoms with E-state index in [2.05, 4.69) is 39.0 Å². The van der Waals surface area contributed by atoms with E-state index < -0.39 is 0 Å². The third kappa shape index (κ3) is 2.65. The van der Waals surface area contributed by atoms with E-state index in [1.165, 1.54) is 30.4 Å². The minimum absolute atomic E-state index is 0.0198. The maximum Gasteiger partial charge on any atom is 0.159 e. The van der Waals surface area contributed by atoms with Crippen LogP contribution in [0.4, 0.5) is 0 Å². The van der Waals surface area contributed by atoms with Crippen LogP contribution in [0.25, 0.3) is 0 Å². The molecule has 0 spiro atoms. The van der Waals surface area contributed by atoms with Crippen LogP contribution < -0.4 is 0 Å². The van der Waals surface area contributed by atoms with E-state index in [0.717, 1.165) is 12.8 Å². The Morgan fingerprint density at radius 3 is 2.86 bits per heavy atom. The summed E-state index contributed by atoms with van der Waals surface area (Å²) >= 11 is 0. The third-order valence-electron chi connectivity index (χ3n) is 8.91. The lowest BCUT2D eigenvalue weighted by Crippen LogP contribution is -2.42. The lowest BCUT2D eigenvalue weighted by Gasteiger charge is -2.47. The summed E-state index contributed by atoms with van der Waals surface area (Å²) in [7, 11) is 0. The molecular weight excluding hydrogens is 348 g/mol. The van der Waals surface area contributed by atoms with E-state index in [-0.39, 0.29) is 34.9 Å². The van der Waals surface area contributed by atoms with E-state index in [1.807, 2.05) is 6.08 Å². The first-order valence-electron chi connectivity index (χ1n) is 11.3. The number of hydrogen-bond acceptors (Lipinski definition) is 3. The first-order valence-corrected chi connectivity index (χ1v) is 11.3. The minimum atomic E-state index is -0.360. The van der Waals surface area contributed by atoms with Crippen LogP contribution in [0.15, 0.2) is 35.5 Å². The smallest absolute Gasteiger partial charge is 0.159 e. The van der Waals surface area contributed by atoms with Crippen molar-refractivity contribution in [3.05, 3.63) is 35.5 Å². The third-order valence-corrected chi connectivity index (χ3v) is 8.91. The normalized spacial score (nSPS) is 50.4. The highest BCUT2D eigenvalue weighted by Crippen LogP contribution is 2.66. The number of ether oxygens (including phenoxy) is 1. The Bertz CT molecular complexity index is 777. The lowest BCUT2D eigenvalue weighted by atomic mass is 9.57. The predicted molar refractivity (Wildman–Crippen MR) is 110 cm³/mol. The second-order valence-electron chi connectivity index (χ2n) is 10.4. The molecule has 0 radical (unpaired) electrons. The molecule has 8 atom stereocenters. The zero-order chi connectivity index (χ0) is 19.7. The van der Waals surface area contributed by atoms with Crippen LogP contribution in [0.5, 0.6) is 0 Å². The quantitative estimate of drug-likeness (QED) is 0.553. The minimum Gasteiger partial charge on any atom is -0.393 e. The van der Waals surface area contributed by atoms with Crippen LogP contribution in [-0.2, 0) is 9.53 Å². The van der Waals surface area contributed by atoms with Crippen molar-refractivity contribution in [2.75, 3.05) is 0 Å². The van der Waals surface area contributed by atoms with Crippen molar-refractivity contribution in [3.63, 3.8) is 0 Å². The van der Waals surface area contributed by atoms with Crippen LogP contribution >= 0.6 is 0 Å². The Hall–Kier alpha value is -1.19. The number of ketones is 1. The second-order valence-corrected chi connectivity index (χ2v) is 10.4. The molecule has 1 unspecified atom stereocenters.